The fourth-order valence-electron chi connectivity index (χ4n) is 3.22. The third kappa shape index (κ3) is 4.61. The summed E-state index contributed by atoms with van der Waals surface area (Å²) in [6, 6.07) is 17.4. The Morgan fingerprint density at radius 1 is 0.839 bits per heavy atom. The summed E-state index contributed by atoms with van der Waals surface area (Å²) >= 11 is 0. The van der Waals surface area contributed by atoms with E-state index < -0.39 is 23.7 Å². The highest BCUT2D eigenvalue weighted by atomic mass is 19.4. The minimum atomic E-state index is -4.51. The molecular formula is C22H17F3N4O2. The summed E-state index contributed by atoms with van der Waals surface area (Å²) in [6.07, 6.45) is -4.51. The Morgan fingerprint density at radius 3 is 2.32 bits per heavy atom. The number of H-pyrrole nitrogens is 2. The second kappa shape index (κ2) is 8.02. The van der Waals surface area contributed by atoms with Gasteiger partial charge in [0.1, 0.15) is 6.04 Å². The Morgan fingerprint density at radius 2 is 1.58 bits per heavy atom. The Hall–Kier alpha value is -4.01. The van der Waals surface area contributed by atoms with E-state index in [-0.39, 0.29) is 11.4 Å². The standard InChI is InChI=1S/C22H17F3N4O2/c23-22(24,25)14-7-4-8-15(11-14)27-20(30)19(13-5-2-1-3-6-13)26-16-9-10-17-18(12-16)29-21(31)28-17/h1-12,19,26H,(H,27,30)(H2,28,29,31). The highest BCUT2D eigenvalue weighted by Crippen LogP contribution is 2.31. The average Bonchev–Trinajstić information content (AvgIpc) is 3.11. The van der Waals surface area contributed by atoms with Crippen LogP contribution in [0.2, 0.25) is 0 Å². The predicted octanol–water partition coefficient (Wildman–Crippen LogP) is 4.67. The van der Waals surface area contributed by atoms with Crippen LogP contribution in [0, 0.1) is 0 Å². The van der Waals surface area contributed by atoms with Crippen molar-refractivity contribution in [3.63, 3.8) is 0 Å². The number of rotatable bonds is 5. The molecule has 0 aliphatic carbocycles. The van der Waals surface area contributed by atoms with Gasteiger partial charge >= 0.3 is 11.9 Å². The lowest BCUT2D eigenvalue weighted by Crippen LogP contribution is -2.27. The number of anilines is 2. The summed E-state index contributed by atoms with van der Waals surface area (Å²) in [5.74, 6) is -0.534. The summed E-state index contributed by atoms with van der Waals surface area (Å²) < 4.78 is 39.0. The first-order valence-electron chi connectivity index (χ1n) is 9.31. The number of hydrogen-bond acceptors (Lipinski definition) is 3. The van der Waals surface area contributed by atoms with Crippen LogP contribution in [0.5, 0.6) is 0 Å². The summed E-state index contributed by atoms with van der Waals surface area (Å²) in [4.78, 5) is 29.8. The number of fused-ring (bicyclic) bond motifs is 1. The molecule has 0 saturated carbocycles. The number of imidazole rings is 1. The molecule has 1 aromatic heterocycles. The maximum atomic E-state index is 13.0. The Bertz CT molecular complexity index is 1280. The molecule has 0 bridgehead atoms. The summed E-state index contributed by atoms with van der Waals surface area (Å²) in [5, 5.41) is 5.64. The fourth-order valence-corrected chi connectivity index (χ4v) is 3.22. The number of nitrogens with one attached hydrogen (secondary N) is 4. The van der Waals surface area contributed by atoms with E-state index in [0.717, 1.165) is 12.1 Å². The molecule has 1 amide bonds. The molecule has 0 fully saturated rings. The first kappa shape index (κ1) is 20.3. The largest absolute Gasteiger partial charge is 0.416 e. The zero-order valence-electron chi connectivity index (χ0n) is 16.0. The van der Waals surface area contributed by atoms with E-state index >= 15 is 0 Å². The maximum absolute atomic E-state index is 13.0. The molecule has 3 aromatic carbocycles. The van der Waals surface area contributed by atoms with Crippen molar-refractivity contribution in [3.05, 3.63) is 94.4 Å². The third-order valence-electron chi connectivity index (χ3n) is 4.68. The molecule has 6 nitrogen and oxygen atoms in total. The Labute approximate surface area is 174 Å². The third-order valence-corrected chi connectivity index (χ3v) is 4.68. The van der Waals surface area contributed by atoms with Gasteiger partial charge in [-0.1, -0.05) is 36.4 Å². The smallest absolute Gasteiger partial charge is 0.370 e. The van der Waals surface area contributed by atoms with Crippen LogP contribution in [-0.4, -0.2) is 15.9 Å². The number of alkyl halides is 3. The number of hydrogen-bond donors (Lipinski definition) is 4. The van der Waals surface area contributed by atoms with E-state index in [1.807, 2.05) is 0 Å². The molecule has 0 aliphatic heterocycles. The van der Waals surface area contributed by atoms with Crippen molar-refractivity contribution in [2.45, 2.75) is 12.2 Å². The minimum Gasteiger partial charge on any atom is -0.370 e. The van der Waals surface area contributed by atoms with Crippen molar-refractivity contribution in [2.24, 2.45) is 0 Å². The summed E-state index contributed by atoms with van der Waals surface area (Å²) in [7, 11) is 0. The van der Waals surface area contributed by atoms with Crippen molar-refractivity contribution in [1.82, 2.24) is 9.97 Å². The van der Waals surface area contributed by atoms with Crippen LogP contribution in [0.3, 0.4) is 0 Å². The summed E-state index contributed by atoms with van der Waals surface area (Å²) in [6.45, 7) is 0. The van der Waals surface area contributed by atoms with Crippen LogP contribution in [0.15, 0.2) is 77.6 Å². The number of amides is 1. The van der Waals surface area contributed by atoms with Gasteiger partial charge in [0.25, 0.3) is 5.91 Å². The van der Waals surface area contributed by atoms with Gasteiger partial charge in [-0.2, -0.15) is 13.2 Å². The van der Waals surface area contributed by atoms with E-state index in [1.165, 1.54) is 12.1 Å². The quantitative estimate of drug-likeness (QED) is 0.374. The summed E-state index contributed by atoms with van der Waals surface area (Å²) in [5.41, 5.74) is 1.17. The molecular weight excluding hydrogens is 409 g/mol. The molecule has 31 heavy (non-hydrogen) atoms. The van der Waals surface area contributed by atoms with Gasteiger partial charge in [-0.05, 0) is 42.0 Å². The van der Waals surface area contributed by atoms with Gasteiger partial charge in [-0.25, -0.2) is 4.79 Å². The number of aromatic amines is 2. The van der Waals surface area contributed by atoms with Gasteiger partial charge in [0.15, 0.2) is 0 Å². The molecule has 4 aromatic rings. The number of carbonyl (C=O) groups is 1. The van der Waals surface area contributed by atoms with Gasteiger partial charge in [0.05, 0.1) is 16.6 Å². The molecule has 1 heterocycles. The average molecular weight is 426 g/mol. The number of aromatic nitrogens is 2. The van der Waals surface area contributed by atoms with Gasteiger partial charge in [-0.3, -0.25) is 4.79 Å². The van der Waals surface area contributed by atoms with Gasteiger partial charge in [0, 0.05) is 11.4 Å². The van der Waals surface area contributed by atoms with Gasteiger partial charge in [-0.15, -0.1) is 0 Å². The normalized spacial score (nSPS) is 12.5. The topological polar surface area (TPSA) is 89.8 Å². The van der Waals surface area contributed by atoms with Crippen molar-refractivity contribution >= 4 is 28.3 Å². The predicted molar refractivity (Wildman–Crippen MR) is 112 cm³/mol. The molecule has 0 aliphatic rings. The fraction of sp³-hybridized carbons (Fsp3) is 0.0909. The second-order valence-electron chi connectivity index (χ2n) is 6.90. The van der Waals surface area contributed by atoms with Crippen LogP contribution < -0.4 is 16.3 Å². The lowest BCUT2D eigenvalue weighted by atomic mass is 10.1. The van der Waals surface area contributed by atoms with E-state index in [4.69, 9.17) is 0 Å². The highest BCUT2D eigenvalue weighted by molar-refractivity contribution is 5.97. The Balaban J connectivity index is 1.63. The van der Waals surface area contributed by atoms with Crippen molar-refractivity contribution < 1.29 is 18.0 Å². The number of halogens is 3. The molecule has 0 saturated heterocycles. The second-order valence-corrected chi connectivity index (χ2v) is 6.90. The lowest BCUT2D eigenvalue weighted by Gasteiger charge is -2.20. The van der Waals surface area contributed by atoms with Gasteiger partial charge < -0.3 is 20.6 Å². The zero-order valence-corrected chi connectivity index (χ0v) is 16.0. The van der Waals surface area contributed by atoms with Crippen LogP contribution in [0.1, 0.15) is 17.2 Å². The number of carbonyl (C=O) groups excluding carboxylic acids is 1. The van der Waals surface area contributed by atoms with Crippen LogP contribution in [-0.2, 0) is 11.0 Å². The molecule has 4 N–H and O–H groups in total. The molecule has 1 atom stereocenters. The highest BCUT2D eigenvalue weighted by Gasteiger charge is 2.30. The molecule has 1 unspecified atom stereocenters. The molecule has 0 spiro atoms. The van der Waals surface area contributed by atoms with Gasteiger partial charge in [0.2, 0.25) is 0 Å². The molecule has 0 radical (unpaired) electrons. The zero-order chi connectivity index (χ0) is 22.0. The number of benzene rings is 3. The monoisotopic (exact) mass is 426 g/mol. The lowest BCUT2D eigenvalue weighted by molar-refractivity contribution is -0.137. The van der Waals surface area contributed by atoms with Crippen molar-refractivity contribution in [3.8, 4) is 0 Å². The maximum Gasteiger partial charge on any atom is 0.416 e. The van der Waals surface area contributed by atoms with Crippen molar-refractivity contribution in [1.29, 1.82) is 0 Å². The first-order valence-corrected chi connectivity index (χ1v) is 9.31. The van der Waals surface area contributed by atoms with E-state index in [1.54, 1.807) is 48.5 Å². The minimum absolute atomic E-state index is 0.0352. The van der Waals surface area contributed by atoms with Crippen LogP contribution in [0.4, 0.5) is 24.5 Å². The molecule has 158 valence electrons. The van der Waals surface area contributed by atoms with Crippen LogP contribution >= 0.6 is 0 Å². The van der Waals surface area contributed by atoms with E-state index in [2.05, 4.69) is 20.6 Å². The molecule has 4 rings (SSSR count). The SMILES string of the molecule is O=C(Nc1cccc(C(F)(F)F)c1)C(Nc1ccc2[nH]c(=O)[nH]c2c1)c1ccccc1. The van der Waals surface area contributed by atoms with E-state index in [9.17, 15) is 22.8 Å². The first-order chi connectivity index (χ1) is 14.8. The van der Waals surface area contributed by atoms with Crippen LogP contribution in [0.25, 0.3) is 11.0 Å². The van der Waals surface area contributed by atoms with Crippen molar-refractivity contribution in [2.75, 3.05) is 10.6 Å². The molecule has 9 heteroatoms. The Kier molecular flexibility index (Phi) is 5.24. The van der Waals surface area contributed by atoms with E-state index in [0.29, 0.717) is 22.3 Å².